The highest BCUT2D eigenvalue weighted by atomic mass is 16.5. The summed E-state index contributed by atoms with van der Waals surface area (Å²) in [6.45, 7) is 1.37. The average molecular weight is 436 g/mol. The van der Waals surface area contributed by atoms with Gasteiger partial charge in [0.1, 0.15) is 17.8 Å². The van der Waals surface area contributed by atoms with Gasteiger partial charge in [-0.3, -0.25) is 14.5 Å². The number of hydrogen-bond acceptors (Lipinski definition) is 4. The van der Waals surface area contributed by atoms with Gasteiger partial charge in [-0.25, -0.2) is 4.79 Å². The SMILES string of the molecule is COc1ccc([C@]2(C)NC(=O)N(CC(=O)N(c3ccccc3)C3CCCCC3)C2=O)cc1. The van der Waals surface area contributed by atoms with E-state index in [4.69, 9.17) is 4.74 Å². The standard InChI is InChI=1S/C25H29N3O4/c1-25(18-13-15-21(32-2)16-14-18)23(30)27(24(31)26-25)17-22(29)28(19-9-5-3-6-10-19)20-11-7-4-8-12-20/h3,5-6,9-10,13-16,20H,4,7-8,11-12,17H2,1-2H3,(H,26,31)/t25-/m0/s1. The minimum absolute atomic E-state index is 0.0763. The summed E-state index contributed by atoms with van der Waals surface area (Å²) < 4.78 is 5.18. The molecule has 4 rings (SSSR count). The van der Waals surface area contributed by atoms with Gasteiger partial charge in [0.25, 0.3) is 5.91 Å². The first-order valence-electron chi connectivity index (χ1n) is 11.1. The summed E-state index contributed by atoms with van der Waals surface area (Å²) in [5.74, 6) is -0.0182. The molecule has 1 aliphatic carbocycles. The predicted octanol–water partition coefficient (Wildman–Crippen LogP) is 3.83. The second kappa shape index (κ2) is 9.02. The van der Waals surface area contributed by atoms with Crippen LogP contribution in [0.4, 0.5) is 10.5 Å². The largest absolute Gasteiger partial charge is 0.497 e. The van der Waals surface area contributed by atoms with Crippen LogP contribution in [0.2, 0.25) is 0 Å². The number of rotatable bonds is 6. The zero-order valence-corrected chi connectivity index (χ0v) is 18.5. The van der Waals surface area contributed by atoms with Crippen molar-refractivity contribution < 1.29 is 19.1 Å². The molecule has 7 nitrogen and oxygen atoms in total. The number of benzene rings is 2. The van der Waals surface area contributed by atoms with Gasteiger partial charge in [-0.15, -0.1) is 0 Å². The van der Waals surface area contributed by atoms with E-state index in [0.717, 1.165) is 36.3 Å². The zero-order chi connectivity index (χ0) is 22.7. The van der Waals surface area contributed by atoms with Gasteiger partial charge in [0.2, 0.25) is 5.91 Å². The molecule has 1 saturated heterocycles. The molecule has 32 heavy (non-hydrogen) atoms. The monoisotopic (exact) mass is 435 g/mol. The molecule has 4 amide bonds. The number of amides is 4. The van der Waals surface area contributed by atoms with Gasteiger partial charge < -0.3 is 15.0 Å². The van der Waals surface area contributed by atoms with Crippen molar-refractivity contribution in [3.8, 4) is 5.75 Å². The number of imide groups is 1. The van der Waals surface area contributed by atoms with E-state index in [1.807, 2.05) is 30.3 Å². The van der Waals surface area contributed by atoms with Gasteiger partial charge in [-0.2, -0.15) is 0 Å². The van der Waals surface area contributed by atoms with E-state index in [9.17, 15) is 14.4 Å². The summed E-state index contributed by atoms with van der Waals surface area (Å²) >= 11 is 0. The van der Waals surface area contributed by atoms with Gasteiger partial charge in [-0.05, 0) is 49.6 Å². The number of carbonyl (C=O) groups excluding carboxylic acids is 3. The fourth-order valence-electron chi connectivity index (χ4n) is 4.66. The van der Waals surface area contributed by atoms with Crippen LogP contribution in [0, 0.1) is 0 Å². The van der Waals surface area contributed by atoms with E-state index in [0.29, 0.717) is 11.3 Å². The topological polar surface area (TPSA) is 79.0 Å². The molecule has 1 atom stereocenters. The smallest absolute Gasteiger partial charge is 0.325 e. The van der Waals surface area contributed by atoms with Crippen LogP contribution in [0.3, 0.4) is 0 Å². The van der Waals surface area contributed by atoms with Crippen LogP contribution in [0.5, 0.6) is 5.75 Å². The highest BCUT2D eigenvalue weighted by Gasteiger charge is 2.50. The Morgan fingerprint density at radius 1 is 1.06 bits per heavy atom. The molecule has 1 N–H and O–H groups in total. The van der Waals surface area contributed by atoms with E-state index in [1.165, 1.54) is 6.42 Å². The Balaban J connectivity index is 1.56. The number of hydrogen-bond donors (Lipinski definition) is 1. The summed E-state index contributed by atoms with van der Waals surface area (Å²) in [5, 5.41) is 2.77. The van der Waals surface area contributed by atoms with Crippen LogP contribution < -0.4 is 15.0 Å². The summed E-state index contributed by atoms with van der Waals surface area (Å²) in [7, 11) is 1.57. The lowest BCUT2D eigenvalue weighted by Gasteiger charge is -2.35. The predicted molar refractivity (Wildman–Crippen MR) is 121 cm³/mol. The molecule has 0 radical (unpaired) electrons. The quantitative estimate of drug-likeness (QED) is 0.700. The van der Waals surface area contributed by atoms with E-state index in [1.54, 1.807) is 43.2 Å². The van der Waals surface area contributed by atoms with Crippen molar-refractivity contribution in [3.05, 3.63) is 60.2 Å². The molecule has 1 aliphatic heterocycles. The van der Waals surface area contributed by atoms with Crippen molar-refractivity contribution in [2.24, 2.45) is 0 Å². The van der Waals surface area contributed by atoms with Crippen LogP contribution >= 0.6 is 0 Å². The molecular weight excluding hydrogens is 406 g/mol. The first kappa shape index (κ1) is 21.9. The maximum atomic E-state index is 13.5. The number of ether oxygens (including phenoxy) is 1. The molecule has 2 aliphatic rings. The maximum absolute atomic E-state index is 13.5. The molecule has 2 fully saturated rings. The number of carbonyl (C=O) groups is 3. The first-order chi connectivity index (χ1) is 15.4. The van der Waals surface area contributed by atoms with Crippen molar-refractivity contribution in [2.75, 3.05) is 18.6 Å². The molecule has 2 aromatic rings. The molecule has 2 aromatic carbocycles. The van der Waals surface area contributed by atoms with Crippen LogP contribution in [0.1, 0.15) is 44.6 Å². The third-order valence-electron chi connectivity index (χ3n) is 6.48. The zero-order valence-electron chi connectivity index (χ0n) is 18.5. The Kier molecular flexibility index (Phi) is 6.17. The molecular formula is C25H29N3O4. The van der Waals surface area contributed by atoms with E-state index >= 15 is 0 Å². The van der Waals surface area contributed by atoms with Gasteiger partial charge in [0, 0.05) is 11.7 Å². The first-order valence-corrected chi connectivity index (χ1v) is 11.1. The van der Waals surface area contributed by atoms with Gasteiger partial charge in [0.15, 0.2) is 0 Å². The normalized spacial score (nSPS) is 21.4. The molecule has 1 saturated carbocycles. The van der Waals surface area contributed by atoms with Crippen molar-refractivity contribution in [1.82, 2.24) is 10.2 Å². The summed E-state index contributed by atoms with van der Waals surface area (Å²) in [6.07, 6.45) is 5.15. The number of para-hydroxylation sites is 1. The highest BCUT2D eigenvalue weighted by molar-refractivity contribution is 6.10. The van der Waals surface area contributed by atoms with Crippen molar-refractivity contribution in [1.29, 1.82) is 0 Å². The van der Waals surface area contributed by atoms with Gasteiger partial charge in [0.05, 0.1) is 7.11 Å². The van der Waals surface area contributed by atoms with Gasteiger partial charge >= 0.3 is 6.03 Å². The Hall–Kier alpha value is -3.35. The number of nitrogens with one attached hydrogen (secondary N) is 1. The van der Waals surface area contributed by atoms with Crippen LogP contribution in [-0.4, -0.2) is 42.4 Å². The Labute approximate surface area is 188 Å². The summed E-state index contributed by atoms with van der Waals surface area (Å²) in [5.41, 5.74) is 0.208. The lowest BCUT2D eigenvalue weighted by atomic mass is 9.92. The van der Waals surface area contributed by atoms with Crippen molar-refractivity contribution >= 4 is 23.5 Å². The molecule has 0 unspecified atom stereocenters. The van der Waals surface area contributed by atoms with Gasteiger partial charge in [-0.1, -0.05) is 49.6 Å². The summed E-state index contributed by atoms with van der Waals surface area (Å²) in [6, 6.07) is 16.0. The molecule has 7 heteroatoms. The Bertz CT molecular complexity index is 986. The number of urea groups is 1. The molecule has 0 aromatic heterocycles. The molecule has 168 valence electrons. The Morgan fingerprint density at radius 2 is 1.72 bits per heavy atom. The lowest BCUT2D eigenvalue weighted by Crippen LogP contribution is -2.48. The highest BCUT2D eigenvalue weighted by Crippen LogP contribution is 2.31. The third kappa shape index (κ3) is 4.07. The third-order valence-corrected chi connectivity index (χ3v) is 6.48. The minimum atomic E-state index is -1.23. The van der Waals surface area contributed by atoms with Crippen molar-refractivity contribution in [2.45, 2.75) is 50.6 Å². The average Bonchev–Trinajstić information content (AvgIpc) is 3.04. The Morgan fingerprint density at radius 3 is 2.34 bits per heavy atom. The molecule has 0 spiro atoms. The number of anilines is 1. The molecule has 1 heterocycles. The number of nitrogens with zero attached hydrogens (tertiary/aromatic N) is 2. The van der Waals surface area contributed by atoms with Crippen LogP contribution in [-0.2, 0) is 15.1 Å². The van der Waals surface area contributed by atoms with E-state index in [2.05, 4.69) is 5.32 Å². The van der Waals surface area contributed by atoms with E-state index in [-0.39, 0.29) is 18.5 Å². The van der Waals surface area contributed by atoms with Crippen LogP contribution in [0.15, 0.2) is 54.6 Å². The second-order valence-electron chi connectivity index (χ2n) is 8.57. The second-order valence-corrected chi connectivity index (χ2v) is 8.57. The minimum Gasteiger partial charge on any atom is -0.497 e. The lowest BCUT2D eigenvalue weighted by molar-refractivity contribution is -0.134. The maximum Gasteiger partial charge on any atom is 0.325 e. The fourth-order valence-corrected chi connectivity index (χ4v) is 4.66. The summed E-state index contributed by atoms with van der Waals surface area (Å²) in [4.78, 5) is 42.3. The van der Waals surface area contributed by atoms with Crippen LogP contribution in [0.25, 0.3) is 0 Å². The fraction of sp³-hybridized carbons (Fsp3) is 0.400. The molecule has 0 bridgehead atoms. The van der Waals surface area contributed by atoms with Crippen molar-refractivity contribution in [3.63, 3.8) is 0 Å². The number of methoxy groups -OCH3 is 1. The van der Waals surface area contributed by atoms with E-state index < -0.39 is 17.5 Å².